The second-order valence-electron chi connectivity index (χ2n) is 3.98. The van der Waals surface area contributed by atoms with Crippen molar-refractivity contribution in [3.8, 4) is 0 Å². The molecule has 0 aromatic carbocycles. The molecule has 0 unspecified atom stereocenters. The van der Waals surface area contributed by atoms with Gasteiger partial charge in [0.05, 0.1) is 13.2 Å². The molecule has 0 amide bonds. The molecule has 0 bridgehead atoms. The normalized spacial score (nSPS) is 10.7. The number of anilines is 2. The molecule has 0 saturated carbocycles. The van der Waals surface area contributed by atoms with E-state index >= 15 is 0 Å². The van der Waals surface area contributed by atoms with Crippen molar-refractivity contribution in [2.45, 2.75) is 26.8 Å². The zero-order valence-corrected chi connectivity index (χ0v) is 11.7. The highest BCUT2D eigenvalue weighted by molar-refractivity contribution is 7.11. The molecule has 1 aromatic rings. The standard InChI is InChI=1S/C11H19N3O3S/c1-4-17-11(16)8-9(12)13-18-10(8)14(5-6-15)7(2)3/h7,15H,4-6H2,1-3H3,(H2,12,13). The molecule has 0 saturated heterocycles. The van der Waals surface area contributed by atoms with Crippen LogP contribution in [0.25, 0.3) is 0 Å². The minimum absolute atomic E-state index is 0.00174. The highest BCUT2D eigenvalue weighted by atomic mass is 32.1. The molecular weight excluding hydrogens is 254 g/mol. The summed E-state index contributed by atoms with van der Waals surface area (Å²) in [5.74, 6) is -0.292. The summed E-state index contributed by atoms with van der Waals surface area (Å²) in [7, 11) is 0. The van der Waals surface area contributed by atoms with Gasteiger partial charge in [-0.15, -0.1) is 0 Å². The first kappa shape index (κ1) is 14.7. The Kier molecular flexibility index (Phi) is 5.36. The first-order valence-corrected chi connectivity index (χ1v) is 6.60. The summed E-state index contributed by atoms with van der Waals surface area (Å²) in [6.45, 7) is 6.39. The molecule has 0 radical (unpaired) electrons. The minimum atomic E-state index is -0.470. The van der Waals surface area contributed by atoms with Crippen LogP contribution in [0.4, 0.5) is 10.8 Å². The molecule has 0 aliphatic heterocycles. The lowest BCUT2D eigenvalue weighted by atomic mass is 10.2. The Hall–Kier alpha value is -1.34. The van der Waals surface area contributed by atoms with Crippen LogP contribution in [0, 0.1) is 0 Å². The number of aliphatic hydroxyl groups excluding tert-OH is 1. The van der Waals surface area contributed by atoms with E-state index in [0.717, 1.165) is 11.5 Å². The Balaban J connectivity index is 3.11. The molecule has 18 heavy (non-hydrogen) atoms. The third-order valence-electron chi connectivity index (χ3n) is 2.41. The van der Waals surface area contributed by atoms with Gasteiger partial charge in [0.1, 0.15) is 10.6 Å². The largest absolute Gasteiger partial charge is 0.462 e. The van der Waals surface area contributed by atoms with E-state index in [9.17, 15) is 4.79 Å². The number of carbonyl (C=O) groups excluding carboxylic acids is 1. The van der Waals surface area contributed by atoms with Crippen LogP contribution in [-0.4, -0.2) is 41.2 Å². The van der Waals surface area contributed by atoms with E-state index in [4.69, 9.17) is 15.6 Å². The number of aliphatic hydroxyl groups is 1. The van der Waals surface area contributed by atoms with Gasteiger partial charge in [0.2, 0.25) is 0 Å². The van der Waals surface area contributed by atoms with Crippen molar-refractivity contribution in [1.82, 2.24) is 4.37 Å². The third-order valence-corrected chi connectivity index (χ3v) is 3.30. The van der Waals surface area contributed by atoms with Gasteiger partial charge in [-0.3, -0.25) is 0 Å². The number of nitrogens with zero attached hydrogens (tertiary/aromatic N) is 2. The summed E-state index contributed by atoms with van der Waals surface area (Å²) in [5.41, 5.74) is 6.01. The number of hydrogen-bond donors (Lipinski definition) is 2. The Morgan fingerprint density at radius 2 is 2.28 bits per heavy atom. The molecule has 1 heterocycles. The van der Waals surface area contributed by atoms with Gasteiger partial charge < -0.3 is 20.5 Å². The molecule has 1 aromatic heterocycles. The van der Waals surface area contributed by atoms with E-state index in [1.807, 2.05) is 18.7 Å². The number of nitrogen functional groups attached to an aromatic ring is 1. The van der Waals surface area contributed by atoms with E-state index in [1.54, 1.807) is 6.92 Å². The zero-order chi connectivity index (χ0) is 13.7. The summed E-state index contributed by atoms with van der Waals surface area (Å²) in [4.78, 5) is 13.7. The quantitative estimate of drug-likeness (QED) is 0.755. The third kappa shape index (κ3) is 3.11. The predicted octanol–water partition coefficient (Wildman–Crippen LogP) is 1.11. The lowest BCUT2D eigenvalue weighted by molar-refractivity contribution is 0.0528. The number of aromatic nitrogens is 1. The molecule has 0 fully saturated rings. The van der Waals surface area contributed by atoms with E-state index < -0.39 is 5.97 Å². The molecule has 0 atom stereocenters. The van der Waals surface area contributed by atoms with E-state index in [0.29, 0.717) is 17.1 Å². The molecule has 6 nitrogen and oxygen atoms in total. The Bertz CT molecular complexity index is 406. The zero-order valence-electron chi connectivity index (χ0n) is 10.8. The lowest BCUT2D eigenvalue weighted by Crippen LogP contribution is -2.34. The monoisotopic (exact) mass is 273 g/mol. The van der Waals surface area contributed by atoms with Crippen LogP contribution < -0.4 is 10.6 Å². The summed E-state index contributed by atoms with van der Waals surface area (Å²) >= 11 is 1.15. The number of rotatable bonds is 6. The van der Waals surface area contributed by atoms with Crippen molar-refractivity contribution in [3.05, 3.63) is 5.56 Å². The van der Waals surface area contributed by atoms with Crippen LogP contribution in [0.5, 0.6) is 0 Å². The molecule has 7 heteroatoms. The van der Waals surface area contributed by atoms with Gasteiger partial charge in [-0.2, -0.15) is 4.37 Å². The van der Waals surface area contributed by atoms with Gasteiger partial charge >= 0.3 is 5.97 Å². The summed E-state index contributed by atoms with van der Waals surface area (Å²) in [6, 6.07) is 0.130. The summed E-state index contributed by atoms with van der Waals surface area (Å²) < 4.78 is 8.98. The first-order chi connectivity index (χ1) is 8.52. The van der Waals surface area contributed by atoms with Crippen molar-refractivity contribution in [2.24, 2.45) is 0 Å². The average Bonchev–Trinajstić information content (AvgIpc) is 2.67. The van der Waals surface area contributed by atoms with Crippen LogP contribution in [0.1, 0.15) is 31.1 Å². The molecule has 3 N–H and O–H groups in total. The van der Waals surface area contributed by atoms with E-state index in [-0.39, 0.29) is 25.1 Å². The highest BCUT2D eigenvalue weighted by Crippen LogP contribution is 2.32. The number of nitrogens with two attached hydrogens (primary N) is 1. The maximum Gasteiger partial charge on any atom is 0.345 e. The second-order valence-corrected chi connectivity index (χ2v) is 4.73. The smallest absolute Gasteiger partial charge is 0.345 e. The maximum absolute atomic E-state index is 11.9. The SMILES string of the molecule is CCOC(=O)c1c(N)nsc1N(CCO)C(C)C. The van der Waals surface area contributed by atoms with Crippen LogP contribution in [0.2, 0.25) is 0 Å². The fraction of sp³-hybridized carbons (Fsp3) is 0.636. The van der Waals surface area contributed by atoms with Gasteiger partial charge in [-0.25, -0.2) is 4.79 Å². The van der Waals surface area contributed by atoms with Gasteiger partial charge in [0, 0.05) is 12.6 Å². The Morgan fingerprint density at radius 3 is 2.78 bits per heavy atom. The minimum Gasteiger partial charge on any atom is -0.462 e. The lowest BCUT2D eigenvalue weighted by Gasteiger charge is -2.26. The molecule has 102 valence electrons. The van der Waals surface area contributed by atoms with Crippen LogP contribution in [0.15, 0.2) is 0 Å². The van der Waals surface area contributed by atoms with Gasteiger partial charge in [-0.05, 0) is 32.3 Å². The number of ether oxygens (including phenoxy) is 1. The number of esters is 1. The van der Waals surface area contributed by atoms with Gasteiger partial charge in [0.15, 0.2) is 5.82 Å². The first-order valence-electron chi connectivity index (χ1n) is 5.82. The topological polar surface area (TPSA) is 88.7 Å². The average molecular weight is 273 g/mol. The fourth-order valence-electron chi connectivity index (χ4n) is 1.59. The molecule has 1 rings (SSSR count). The van der Waals surface area contributed by atoms with Crippen molar-refractivity contribution in [3.63, 3.8) is 0 Å². The molecular formula is C11H19N3O3S. The van der Waals surface area contributed by atoms with Gasteiger partial charge in [-0.1, -0.05) is 0 Å². The summed E-state index contributed by atoms with van der Waals surface area (Å²) in [5, 5.41) is 9.73. The van der Waals surface area contributed by atoms with Crippen molar-refractivity contribution < 1.29 is 14.6 Å². The van der Waals surface area contributed by atoms with Gasteiger partial charge in [0.25, 0.3) is 0 Å². The molecule has 0 aliphatic rings. The highest BCUT2D eigenvalue weighted by Gasteiger charge is 2.25. The van der Waals surface area contributed by atoms with E-state index in [1.165, 1.54) is 0 Å². The van der Waals surface area contributed by atoms with Crippen molar-refractivity contribution >= 4 is 28.3 Å². The van der Waals surface area contributed by atoms with Crippen LogP contribution in [0.3, 0.4) is 0 Å². The number of hydrogen-bond acceptors (Lipinski definition) is 7. The summed E-state index contributed by atoms with van der Waals surface area (Å²) in [6.07, 6.45) is 0. The predicted molar refractivity (Wildman–Crippen MR) is 72.1 cm³/mol. The maximum atomic E-state index is 11.9. The van der Waals surface area contributed by atoms with Crippen LogP contribution in [-0.2, 0) is 4.74 Å². The Morgan fingerprint density at radius 1 is 1.61 bits per heavy atom. The Labute approximate surface area is 111 Å². The second kappa shape index (κ2) is 6.55. The molecule has 0 aliphatic carbocycles. The number of carbonyl (C=O) groups is 1. The van der Waals surface area contributed by atoms with Crippen molar-refractivity contribution in [1.29, 1.82) is 0 Å². The molecule has 0 spiro atoms. The fourth-order valence-corrected chi connectivity index (χ4v) is 2.55. The van der Waals surface area contributed by atoms with Crippen molar-refractivity contribution in [2.75, 3.05) is 30.4 Å². The van der Waals surface area contributed by atoms with E-state index in [2.05, 4.69) is 4.37 Å². The van der Waals surface area contributed by atoms with Crippen LogP contribution >= 0.6 is 11.5 Å².